The normalized spacial score (nSPS) is 13.7. The Balaban J connectivity index is 0. The van der Waals surface area contributed by atoms with Crippen LogP contribution < -0.4 is 0 Å². The van der Waals surface area contributed by atoms with Gasteiger partial charge in [-0.3, -0.25) is 0 Å². The molecule has 0 bridgehead atoms. The van der Waals surface area contributed by atoms with Gasteiger partial charge in [-0.1, -0.05) is 46.6 Å². The third-order valence-corrected chi connectivity index (χ3v) is 4.96. The molecule has 0 unspecified atom stereocenters. The van der Waals surface area contributed by atoms with Crippen LogP contribution >= 0.6 is 0 Å². The summed E-state index contributed by atoms with van der Waals surface area (Å²) in [4.78, 5) is 0. The van der Waals surface area contributed by atoms with E-state index in [1.165, 1.54) is 0 Å². The van der Waals surface area contributed by atoms with E-state index in [1.54, 1.807) is 13.8 Å². The lowest BCUT2D eigenvalue weighted by Gasteiger charge is -2.26. The molecule has 32 heavy (non-hydrogen) atoms. The topological polar surface area (TPSA) is 0 Å². The molecule has 0 N–H and O–H groups in total. The average molecular weight is 491 g/mol. The Morgan fingerprint density at radius 2 is 1.03 bits per heavy atom. The summed E-state index contributed by atoms with van der Waals surface area (Å²) in [5, 5.41) is 0. The van der Waals surface area contributed by atoms with Gasteiger partial charge in [0, 0.05) is 12.8 Å². The van der Waals surface area contributed by atoms with Gasteiger partial charge in [-0.05, 0) is 49.9 Å². The van der Waals surface area contributed by atoms with Crippen LogP contribution in [0.2, 0.25) is 0 Å². The Kier molecular flexibility index (Phi) is 14.2. The van der Waals surface area contributed by atoms with Crippen molar-refractivity contribution in [2.75, 3.05) is 0 Å². The lowest BCUT2D eigenvalue weighted by molar-refractivity contribution is -0.284. The number of hydrogen-bond acceptors (Lipinski definition) is 0. The minimum Gasteiger partial charge on any atom is -0.196 e. The molecule has 10 heteroatoms. The lowest BCUT2D eigenvalue weighted by atomic mass is 9.81. The van der Waals surface area contributed by atoms with Gasteiger partial charge in [-0.2, -0.15) is 43.9 Å². The van der Waals surface area contributed by atoms with Gasteiger partial charge >= 0.3 is 24.2 Å². The highest BCUT2D eigenvalue weighted by molar-refractivity contribution is 4.78. The first-order valence-electron chi connectivity index (χ1n) is 10.7. The van der Waals surface area contributed by atoms with Crippen molar-refractivity contribution in [2.24, 2.45) is 11.3 Å². The fraction of sp³-hybridized carbons (Fsp3) is 0.909. The molecule has 0 atom stereocenters. The largest absolute Gasteiger partial charge is 0.453 e. The zero-order valence-corrected chi connectivity index (χ0v) is 19.2. The Labute approximate surface area is 184 Å². The van der Waals surface area contributed by atoms with E-state index in [4.69, 9.17) is 0 Å². The Hall–Kier alpha value is -0.960. The molecule has 0 heterocycles. The molecule has 0 aliphatic heterocycles. The van der Waals surface area contributed by atoms with Crippen LogP contribution in [0.1, 0.15) is 91.9 Å². The van der Waals surface area contributed by atoms with E-state index in [-0.39, 0.29) is 24.2 Å². The van der Waals surface area contributed by atoms with Gasteiger partial charge < -0.3 is 0 Å². The molecule has 0 aliphatic carbocycles. The maximum Gasteiger partial charge on any atom is 0.453 e. The van der Waals surface area contributed by atoms with Crippen LogP contribution in [0, 0.1) is 11.3 Å². The zero-order valence-electron chi connectivity index (χ0n) is 19.2. The SMILES string of the molecule is C=CCCCCC(C)(C)CCCC(F)(F)C(F)(F)F.CC(C)CCCC(F)(F)C(F)(F)F. The quantitative estimate of drug-likeness (QED) is 0.137. The minimum absolute atomic E-state index is 0.0931. The Morgan fingerprint density at radius 1 is 0.625 bits per heavy atom. The van der Waals surface area contributed by atoms with Crippen LogP contribution in [-0.2, 0) is 0 Å². The summed E-state index contributed by atoms with van der Waals surface area (Å²) in [6.45, 7) is 11.0. The molecule has 0 aromatic carbocycles. The van der Waals surface area contributed by atoms with Gasteiger partial charge in [0.15, 0.2) is 0 Å². The predicted molar refractivity (Wildman–Crippen MR) is 107 cm³/mol. The zero-order chi connectivity index (χ0) is 25.9. The fourth-order valence-corrected chi connectivity index (χ4v) is 2.82. The summed E-state index contributed by atoms with van der Waals surface area (Å²) in [7, 11) is 0. The second kappa shape index (κ2) is 13.7. The Bertz CT molecular complexity index is 502. The third-order valence-electron chi connectivity index (χ3n) is 4.96. The van der Waals surface area contributed by atoms with Crippen molar-refractivity contribution in [2.45, 2.75) is 116 Å². The number of unbranched alkanes of at least 4 members (excludes halogenated alkanes) is 2. The number of rotatable bonds is 13. The standard InChI is InChI=1S/C14H23F5.C8H13F5/c1-4-5-6-7-9-12(2,3)10-8-11-13(15,16)14(17,18)19;1-6(2)4-3-5-7(9,10)8(11,12)13/h4H,1,5-11H2,2-3H3;6H,3-5H2,1-2H3. The first-order valence-corrected chi connectivity index (χ1v) is 10.7. The van der Waals surface area contributed by atoms with E-state index in [1.807, 2.05) is 19.9 Å². The molecule has 0 nitrogen and oxygen atoms in total. The van der Waals surface area contributed by atoms with E-state index in [9.17, 15) is 43.9 Å². The molecule has 0 rings (SSSR count). The summed E-state index contributed by atoms with van der Waals surface area (Å²) in [6.07, 6.45) is -7.01. The van der Waals surface area contributed by atoms with Gasteiger partial charge in [-0.25, -0.2) is 0 Å². The van der Waals surface area contributed by atoms with Crippen molar-refractivity contribution in [1.29, 1.82) is 0 Å². The molecular weight excluding hydrogens is 454 g/mol. The number of halogens is 10. The average Bonchev–Trinajstić information content (AvgIpc) is 2.56. The van der Waals surface area contributed by atoms with E-state index in [0.717, 1.165) is 25.7 Å². The van der Waals surface area contributed by atoms with Gasteiger partial charge in [0.25, 0.3) is 0 Å². The van der Waals surface area contributed by atoms with E-state index < -0.39 is 37.0 Å². The van der Waals surface area contributed by atoms with Gasteiger partial charge in [0.1, 0.15) is 0 Å². The number of allylic oxidation sites excluding steroid dienone is 1. The van der Waals surface area contributed by atoms with E-state index >= 15 is 0 Å². The summed E-state index contributed by atoms with van der Waals surface area (Å²) >= 11 is 0. The van der Waals surface area contributed by atoms with Crippen LogP contribution in [0.3, 0.4) is 0 Å². The predicted octanol–water partition coefficient (Wildman–Crippen LogP) is 10.1. The second-order valence-corrected chi connectivity index (χ2v) is 9.24. The smallest absolute Gasteiger partial charge is 0.196 e. The van der Waals surface area contributed by atoms with Crippen molar-refractivity contribution in [3.8, 4) is 0 Å². The summed E-state index contributed by atoms with van der Waals surface area (Å²) in [6, 6.07) is 0. The summed E-state index contributed by atoms with van der Waals surface area (Å²) in [5.41, 5.74) is -0.192. The lowest BCUT2D eigenvalue weighted by Crippen LogP contribution is -2.36. The number of hydrogen-bond donors (Lipinski definition) is 0. The molecule has 0 amide bonds. The maximum atomic E-state index is 12.7. The van der Waals surface area contributed by atoms with Gasteiger partial charge in [-0.15, -0.1) is 6.58 Å². The second-order valence-electron chi connectivity index (χ2n) is 9.24. The minimum atomic E-state index is -5.43. The van der Waals surface area contributed by atoms with Gasteiger partial charge in [0.2, 0.25) is 0 Å². The van der Waals surface area contributed by atoms with Crippen LogP contribution in [0.5, 0.6) is 0 Å². The summed E-state index contributed by atoms with van der Waals surface area (Å²) in [5.74, 6) is -8.93. The van der Waals surface area contributed by atoms with Crippen LogP contribution in [0.4, 0.5) is 43.9 Å². The maximum absolute atomic E-state index is 12.7. The molecular formula is C22H36F10. The van der Waals surface area contributed by atoms with E-state index in [0.29, 0.717) is 12.8 Å². The molecule has 0 aromatic rings. The van der Waals surface area contributed by atoms with Crippen LogP contribution in [0.15, 0.2) is 12.7 Å². The molecule has 0 spiro atoms. The molecule has 0 saturated carbocycles. The van der Waals surface area contributed by atoms with Crippen LogP contribution in [0.25, 0.3) is 0 Å². The Morgan fingerprint density at radius 3 is 1.41 bits per heavy atom. The van der Waals surface area contributed by atoms with Crippen molar-refractivity contribution in [1.82, 2.24) is 0 Å². The van der Waals surface area contributed by atoms with E-state index in [2.05, 4.69) is 6.58 Å². The van der Waals surface area contributed by atoms with Crippen molar-refractivity contribution >= 4 is 0 Å². The summed E-state index contributed by atoms with van der Waals surface area (Å²) < 4.78 is 121. The van der Waals surface area contributed by atoms with Gasteiger partial charge in [0.05, 0.1) is 0 Å². The molecule has 194 valence electrons. The van der Waals surface area contributed by atoms with Crippen LogP contribution in [-0.4, -0.2) is 24.2 Å². The fourth-order valence-electron chi connectivity index (χ4n) is 2.82. The highest BCUT2D eigenvalue weighted by atomic mass is 19.4. The number of alkyl halides is 10. The third kappa shape index (κ3) is 15.0. The van der Waals surface area contributed by atoms with Crippen molar-refractivity contribution < 1.29 is 43.9 Å². The molecule has 0 aromatic heterocycles. The molecule has 0 aliphatic rings. The molecule has 0 saturated heterocycles. The molecule has 0 radical (unpaired) electrons. The highest BCUT2D eigenvalue weighted by Gasteiger charge is 2.57. The first-order chi connectivity index (χ1) is 14.2. The monoisotopic (exact) mass is 490 g/mol. The molecule has 0 fully saturated rings. The highest BCUT2D eigenvalue weighted by Crippen LogP contribution is 2.41. The van der Waals surface area contributed by atoms with Crippen molar-refractivity contribution in [3.05, 3.63) is 12.7 Å². The first kappa shape index (κ1) is 33.2. The van der Waals surface area contributed by atoms with Crippen molar-refractivity contribution in [3.63, 3.8) is 0 Å².